The van der Waals surface area contributed by atoms with Crippen molar-refractivity contribution in [3.8, 4) is 5.75 Å². The van der Waals surface area contributed by atoms with Gasteiger partial charge in [-0.15, -0.1) is 0 Å². The molecule has 1 heterocycles. The van der Waals surface area contributed by atoms with Crippen LogP contribution in [0.1, 0.15) is 27.7 Å². The Labute approximate surface area is 134 Å². The summed E-state index contributed by atoms with van der Waals surface area (Å²) in [5, 5.41) is 28.2. The molecule has 6 heteroatoms. The van der Waals surface area contributed by atoms with Crippen LogP contribution in [0, 0.1) is 0 Å². The molecule has 23 heavy (non-hydrogen) atoms. The Morgan fingerprint density at radius 1 is 1.26 bits per heavy atom. The summed E-state index contributed by atoms with van der Waals surface area (Å²) in [5.74, 6) is 0.214. The number of hydrogen-bond donors (Lipinski definition) is 3. The number of aromatic hydroxyl groups is 1. The number of rotatable bonds is 8. The van der Waals surface area contributed by atoms with Gasteiger partial charge in [-0.25, -0.2) is 0 Å². The lowest BCUT2D eigenvalue weighted by molar-refractivity contribution is -0.0394. The van der Waals surface area contributed by atoms with Gasteiger partial charge < -0.3 is 24.6 Å². The molecule has 3 N–H and O–H groups in total. The molecule has 0 bridgehead atoms. The van der Waals surface area contributed by atoms with Gasteiger partial charge in [-0.1, -0.05) is 12.1 Å². The van der Waals surface area contributed by atoms with E-state index in [2.05, 4.69) is 0 Å². The Morgan fingerprint density at radius 3 is 2.52 bits per heavy atom. The SMILES string of the molecule is CO[C@@H](c1ccn(CCc2ccc(O)cc2)c1C=O)[C@H](O)CO. The Morgan fingerprint density at radius 2 is 1.96 bits per heavy atom. The molecule has 2 rings (SSSR count). The number of nitrogens with zero attached hydrogens (tertiary/aromatic N) is 1. The molecule has 0 spiro atoms. The number of aryl methyl sites for hydroxylation is 2. The standard InChI is InChI=1S/C17H21NO5/c1-23-17(16(22)11-20)14-7-9-18(15(14)10-19)8-6-12-2-4-13(21)5-3-12/h2-5,7,9-10,16-17,20-22H,6,8,11H2,1H3/t16-,17+/m1/s1. The summed E-state index contributed by atoms with van der Waals surface area (Å²) >= 11 is 0. The van der Waals surface area contributed by atoms with E-state index in [0.717, 1.165) is 11.8 Å². The van der Waals surface area contributed by atoms with E-state index >= 15 is 0 Å². The number of methoxy groups -OCH3 is 1. The van der Waals surface area contributed by atoms with E-state index in [-0.39, 0.29) is 5.75 Å². The molecule has 0 aliphatic carbocycles. The monoisotopic (exact) mass is 319 g/mol. The van der Waals surface area contributed by atoms with Gasteiger partial charge in [0.25, 0.3) is 0 Å². The van der Waals surface area contributed by atoms with Crippen molar-refractivity contribution in [2.24, 2.45) is 0 Å². The van der Waals surface area contributed by atoms with Gasteiger partial charge in [0.05, 0.1) is 12.3 Å². The first kappa shape index (κ1) is 17.2. The fourth-order valence-electron chi connectivity index (χ4n) is 2.57. The number of aliphatic hydroxyl groups excluding tert-OH is 2. The van der Waals surface area contributed by atoms with Gasteiger partial charge in [-0.05, 0) is 30.2 Å². The molecule has 1 aromatic heterocycles. The Kier molecular flexibility index (Phi) is 5.92. The molecule has 0 radical (unpaired) electrons. The van der Waals surface area contributed by atoms with Crippen LogP contribution in [0.15, 0.2) is 36.5 Å². The zero-order chi connectivity index (χ0) is 16.8. The number of ether oxygens (including phenoxy) is 1. The number of benzene rings is 1. The fourth-order valence-corrected chi connectivity index (χ4v) is 2.57. The van der Waals surface area contributed by atoms with Crippen LogP contribution in [-0.4, -0.2) is 46.0 Å². The number of phenolic OH excluding ortho intramolecular Hbond substituents is 1. The molecule has 2 atom stereocenters. The largest absolute Gasteiger partial charge is 0.508 e. The minimum Gasteiger partial charge on any atom is -0.508 e. The van der Waals surface area contributed by atoms with Crippen molar-refractivity contribution in [1.29, 1.82) is 0 Å². The molecule has 0 aliphatic heterocycles. The summed E-state index contributed by atoms with van der Waals surface area (Å²) in [4.78, 5) is 11.4. The van der Waals surface area contributed by atoms with Crippen molar-refractivity contribution in [3.05, 3.63) is 53.3 Å². The first-order valence-electron chi connectivity index (χ1n) is 7.34. The summed E-state index contributed by atoms with van der Waals surface area (Å²) < 4.78 is 6.99. The fraction of sp³-hybridized carbons (Fsp3) is 0.353. The highest BCUT2D eigenvalue weighted by Gasteiger charge is 2.24. The molecule has 0 saturated carbocycles. The number of aliphatic hydroxyl groups is 2. The first-order valence-corrected chi connectivity index (χ1v) is 7.34. The number of hydrogen-bond acceptors (Lipinski definition) is 5. The number of carbonyl (C=O) groups is 1. The third kappa shape index (κ3) is 3.98. The van der Waals surface area contributed by atoms with E-state index in [1.165, 1.54) is 7.11 Å². The van der Waals surface area contributed by atoms with Crippen LogP contribution >= 0.6 is 0 Å². The van der Waals surface area contributed by atoms with Gasteiger partial charge in [0, 0.05) is 25.4 Å². The van der Waals surface area contributed by atoms with E-state index < -0.39 is 18.8 Å². The second kappa shape index (κ2) is 7.92. The lowest BCUT2D eigenvalue weighted by Gasteiger charge is -2.20. The van der Waals surface area contributed by atoms with Crippen molar-refractivity contribution in [3.63, 3.8) is 0 Å². The van der Waals surface area contributed by atoms with Crippen molar-refractivity contribution in [1.82, 2.24) is 4.57 Å². The van der Waals surface area contributed by atoms with Crippen LogP contribution < -0.4 is 0 Å². The molecule has 0 unspecified atom stereocenters. The highest BCUT2D eigenvalue weighted by Crippen LogP contribution is 2.25. The van der Waals surface area contributed by atoms with Crippen molar-refractivity contribution < 1.29 is 24.9 Å². The number of carbonyl (C=O) groups excluding carboxylic acids is 1. The Bertz CT molecular complexity index is 635. The maximum atomic E-state index is 11.4. The van der Waals surface area contributed by atoms with E-state index in [1.54, 1.807) is 29.0 Å². The molecule has 0 aliphatic rings. The molecule has 0 saturated heterocycles. The normalized spacial score (nSPS) is 13.7. The van der Waals surface area contributed by atoms with E-state index in [0.29, 0.717) is 24.2 Å². The highest BCUT2D eigenvalue weighted by molar-refractivity contribution is 5.75. The van der Waals surface area contributed by atoms with Gasteiger partial charge in [-0.3, -0.25) is 4.79 Å². The summed E-state index contributed by atoms with van der Waals surface area (Å²) in [6.07, 6.45) is 1.33. The molecule has 0 fully saturated rings. The first-order chi connectivity index (χ1) is 11.1. The zero-order valence-corrected chi connectivity index (χ0v) is 12.9. The molecular formula is C17H21NO5. The predicted molar refractivity (Wildman–Crippen MR) is 84.5 cm³/mol. The van der Waals surface area contributed by atoms with E-state index in [9.17, 15) is 15.0 Å². The van der Waals surface area contributed by atoms with Gasteiger partial charge in [0.1, 0.15) is 18.0 Å². The smallest absolute Gasteiger partial charge is 0.166 e. The minimum atomic E-state index is -1.09. The van der Waals surface area contributed by atoms with Crippen LogP contribution in [0.2, 0.25) is 0 Å². The van der Waals surface area contributed by atoms with Crippen molar-refractivity contribution in [2.45, 2.75) is 25.2 Å². The quantitative estimate of drug-likeness (QED) is 0.638. The zero-order valence-electron chi connectivity index (χ0n) is 12.9. The Balaban J connectivity index is 2.17. The highest BCUT2D eigenvalue weighted by atomic mass is 16.5. The van der Waals surface area contributed by atoms with Gasteiger partial charge >= 0.3 is 0 Å². The van der Waals surface area contributed by atoms with E-state index in [4.69, 9.17) is 9.84 Å². The van der Waals surface area contributed by atoms with Gasteiger partial charge in [-0.2, -0.15) is 0 Å². The molecule has 1 aromatic carbocycles. The summed E-state index contributed by atoms with van der Waals surface area (Å²) in [6.45, 7) is 0.125. The average molecular weight is 319 g/mol. The number of phenols is 1. The molecule has 124 valence electrons. The molecule has 6 nitrogen and oxygen atoms in total. The van der Waals surface area contributed by atoms with Gasteiger partial charge in [0.15, 0.2) is 6.29 Å². The summed E-state index contributed by atoms with van der Waals surface area (Å²) in [6, 6.07) is 8.61. The third-order valence-electron chi connectivity index (χ3n) is 3.83. The van der Waals surface area contributed by atoms with Crippen LogP contribution in [0.5, 0.6) is 5.75 Å². The van der Waals surface area contributed by atoms with Gasteiger partial charge in [0.2, 0.25) is 0 Å². The predicted octanol–water partition coefficient (Wildman–Crippen LogP) is 1.29. The summed E-state index contributed by atoms with van der Waals surface area (Å²) in [7, 11) is 1.42. The minimum absolute atomic E-state index is 0.214. The molecule has 2 aromatic rings. The second-order valence-electron chi connectivity index (χ2n) is 5.29. The maximum absolute atomic E-state index is 11.4. The average Bonchev–Trinajstić information content (AvgIpc) is 2.97. The van der Waals surface area contributed by atoms with Crippen molar-refractivity contribution >= 4 is 6.29 Å². The number of aromatic nitrogens is 1. The van der Waals surface area contributed by atoms with Crippen LogP contribution in [0.4, 0.5) is 0 Å². The Hall–Kier alpha value is -2.15. The van der Waals surface area contributed by atoms with E-state index in [1.807, 2.05) is 12.1 Å². The topological polar surface area (TPSA) is 91.9 Å². The third-order valence-corrected chi connectivity index (χ3v) is 3.83. The molecule has 0 amide bonds. The van der Waals surface area contributed by atoms with Crippen LogP contribution in [0.3, 0.4) is 0 Å². The second-order valence-corrected chi connectivity index (χ2v) is 5.29. The van der Waals surface area contributed by atoms with Crippen LogP contribution in [0.25, 0.3) is 0 Å². The lowest BCUT2D eigenvalue weighted by atomic mass is 10.1. The van der Waals surface area contributed by atoms with Crippen molar-refractivity contribution in [2.75, 3.05) is 13.7 Å². The molecular weight excluding hydrogens is 298 g/mol. The number of aldehydes is 1. The summed E-state index contributed by atoms with van der Waals surface area (Å²) in [5.41, 5.74) is 2.01. The maximum Gasteiger partial charge on any atom is 0.166 e. The van der Waals surface area contributed by atoms with Crippen LogP contribution in [-0.2, 0) is 17.7 Å². The lowest BCUT2D eigenvalue weighted by Crippen LogP contribution is -2.24.